The first-order valence-corrected chi connectivity index (χ1v) is 9.12. The van der Waals surface area contributed by atoms with Gasteiger partial charge in [-0.3, -0.25) is 9.69 Å². The topological polar surface area (TPSA) is 70.0 Å². The van der Waals surface area contributed by atoms with Crippen LogP contribution in [0, 0.1) is 0 Å². The van der Waals surface area contributed by atoms with E-state index in [9.17, 15) is 15.0 Å². The lowest BCUT2D eigenvalue weighted by molar-refractivity contribution is -0.129. The summed E-state index contributed by atoms with van der Waals surface area (Å²) < 4.78 is 5.77. The molecule has 0 aromatic heterocycles. The molecule has 1 aromatic rings. The number of phenolic OH excluding ortho intramolecular Hbond substituents is 1. The summed E-state index contributed by atoms with van der Waals surface area (Å²) in [6.45, 7) is 5.49. The van der Waals surface area contributed by atoms with Crippen LogP contribution in [0.3, 0.4) is 0 Å². The smallest absolute Gasteiger partial charge is 0.173 e. The number of likely N-dealkylation sites (tertiary alicyclic amines) is 1. The van der Waals surface area contributed by atoms with Gasteiger partial charge in [0.2, 0.25) is 0 Å². The number of hydrogen-bond donors (Lipinski definition) is 2. The number of ether oxygens (including phenoxy) is 1. The van der Waals surface area contributed by atoms with Crippen molar-refractivity contribution in [1.82, 2.24) is 4.90 Å². The third kappa shape index (κ3) is 2.75. The highest BCUT2D eigenvalue weighted by Crippen LogP contribution is 2.43. The summed E-state index contributed by atoms with van der Waals surface area (Å²) >= 11 is 0. The highest BCUT2D eigenvalue weighted by Gasteiger charge is 2.45. The molecule has 1 fully saturated rings. The van der Waals surface area contributed by atoms with Crippen LogP contribution in [-0.4, -0.2) is 51.7 Å². The number of fused-ring (bicyclic) bond motifs is 2. The SMILES string of the molecule is C=CCN1CCCC2(O)CCC(=O)C3Cc4c(ccc(O)c4O3)CC12. The molecule has 4 rings (SSSR count). The number of ketones is 1. The van der Waals surface area contributed by atoms with Gasteiger partial charge < -0.3 is 14.9 Å². The number of carbonyl (C=O) groups excluding carboxylic acids is 1. The summed E-state index contributed by atoms with van der Waals surface area (Å²) in [6.07, 6.45) is 4.95. The summed E-state index contributed by atoms with van der Waals surface area (Å²) in [5.74, 6) is 0.555. The summed E-state index contributed by atoms with van der Waals surface area (Å²) in [5, 5.41) is 21.5. The molecule has 1 saturated heterocycles. The maximum atomic E-state index is 12.6. The summed E-state index contributed by atoms with van der Waals surface area (Å²) in [5.41, 5.74) is 1.11. The summed E-state index contributed by atoms with van der Waals surface area (Å²) in [7, 11) is 0. The van der Waals surface area contributed by atoms with Gasteiger partial charge in [-0.15, -0.1) is 6.58 Å². The van der Waals surface area contributed by atoms with Gasteiger partial charge in [0.1, 0.15) is 0 Å². The number of aromatic hydroxyl groups is 1. The predicted molar refractivity (Wildman–Crippen MR) is 93.9 cm³/mol. The van der Waals surface area contributed by atoms with E-state index in [1.165, 1.54) is 0 Å². The van der Waals surface area contributed by atoms with E-state index in [1.54, 1.807) is 6.07 Å². The standard InChI is InChI=1S/C20H25NO4/c1-2-9-21-10-3-7-20(24)8-6-15(22)17-12-14-13(11-18(20)21)4-5-16(23)19(14)25-17/h2,4-5,17-18,23-24H,1,3,6-12H2. The van der Waals surface area contributed by atoms with Crippen LogP contribution in [0.15, 0.2) is 24.8 Å². The number of piperidine rings is 1. The normalized spacial score (nSPS) is 32.0. The number of nitrogens with zero attached hydrogens (tertiary/aromatic N) is 1. The molecule has 134 valence electrons. The Morgan fingerprint density at radius 3 is 3.00 bits per heavy atom. The van der Waals surface area contributed by atoms with Crippen LogP contribution in [0.25, 0.3) is 0 Å². The Labute approximate surface area is 147 Å². The molecule has 3 aliphatic rings. The molecule has 3 unspecified atom stereocenters. The molecule has 5 heteroatoms. The first-order chi connectivity index (χ1) is 12.0. The van der Waals surface area contributed by atoms with Crippen LogP contribution in [0.2, 0.25) is 0 Å². The largest absolute Gasteiger partial charge is 0.504 e. The highest BCUT2D eigenvalue weighted by atomic mass is 16.5. The van der Waals surface area contributed by atoms with Crippen LogP contribution in [-0.2, 0) is 17.6 Å². The molecular weight excluding hydrogens is 318 g/mol. The number of rotatable bonds is 2. The number of Topliss-reactive ketones (excluding diaryl/α,β-unsaturated/α-hetero) is 1. The van der Waals surface area contributed by atoms with Crippen molar-refractivity contribution in [3.63, 3.8) is 0 Å². The molecule has 0 radical (unpaired) electrons. The average molecular weight is 343 g/mol. The number of benzene rings is 1. The lowest BCUT2D eigenvalue weighted by Crippen LogP contribution is -2.58. The minimum atomic E-state index is -0.877. The molecule has 2 heterocycles. The molecule has 25 heavy (non-hydrogen) atoms. The van der Waals surface area contributed by atoms with Gasteiger partial charge in [-0.1, -0.05) is 12.1 Å². The zero-order chi connectivity index (χ0) is 17.6. The van der Waals surface area contributed by atoms with Gasteiger partial charge in [0.25, 0.3) is 0 Å². The van der Waals surface area contributed by atoms with E-state index in [0.717, 1.165) is 30.6 Å². The maximum absolute atomic E-state index is 12.6. The molecule has 2 N–H and O–H groups in total. The Hall–Kier alpha value is -1.85. The maximum Gasteiger partial charge on any atom is 0.173 e. The molecule has 0 spiro atoms. The van der Waals surface area contributed by atoms with Gasteiger partial charge in [-0.25, -0.2) is 0 Å². The molecule has 0 saturated carbocycles. The minimum absolute atomic E-state index is 0.0106. The van der Waals surface area contributed by atoms with Crippen molar-refractivity contribution in [1.29, 1.82) is 0 Å². The van der Waals surface area contributed by atoms with E-state index in [2.05, 4.69) is 11.5 Å². The Morgan fingerprint density at radius 2 is 2.20 bits per heavy atom. The number of hydrogen-bond acceptors (Lipinski definition) is 5. The van der Waals surface area contributed by atoms with E-state index in [-0.39, 0.29) is 17.6 Å². The third-order valence-corrected chi connectivity index (χ3v) is 6.04. The molecule has 0 amide bonds. The molecule has 1 aliphatic carbocycles. The summed E-state index contributed by atoms with van der Waals surface area (Å²) in [6, 6.07) is 3.49. The Bertz CT molecular complexity index is 716. The van der Waals surface area contributed by atoms with Crippen molar-refractivity contribution in [2.24, 2.45) is 0 Å². The second kappa shape index (κ2) is 6.15. The molecule has 3 atom stereocenters. The molecule has 5 nitrogen and oxygen atoms in total. The minimum Gasteiger partial charge on any atom is -0.504 e. The number of carbonyl (C=O) groups is 1. The van der Waals surface area contributed by atoms with Crippen molar-refractivity contribution in [2.45, 2.75) is 56.3 Å². The van der Waals surface area contributed by atoms with Gasteiger partial charge in [0.05, 0.1) is 5.60 Å². The van der Waals surface area contributed by atoms with Crippen molar-refractivity contribution in [3.05, 3.63) is 35.9 Å². The second-order valence-corrected chi connectivity index (χ2v) is 7.54. The van der Waals surface area contributed by atoms with Gasteiger partial charge in [-0.2, -0.15) is 0 Å². The first-order valence-electron chi connectivity index (χ1n) is 9.12. The Morgan fingerprint density at radius 1 is 1.36 bits per heavy atom. The van der Waals surface area contributed by atoms with Gasteiger partial charge in [-0.05, 0) is 43.9 Å². The van der Waals surface area contributed by atoms with E-state index < -0.39 is 11.7 Å². The van der Waals surface area contributed by atoms with Crippen LogP contribution >= 0.6 is 0 Å². The van der Waals surface area contributed by atoms with Gasteiger partial charge >= 0.3 is 0 Å². The fourth-order valence-electron chi connectivity index (χ4n) is 4.71. The lowest BCUT2D eigenvalue weighted by atomic mass is 9.76. The van der Waals surface area contributed by atoms with E-state index in [0.29, 0.717) is 37.9 Å². The molecular formula is C20H25NO4. The quantitative estimate of drug-likeness (QED) is 0.804. The third-order valence-electron chi connectivity index (χ3n) is 6.04. The zero-order valence-electron chi connectivity index (χ0n) is 14.4. The monoisotopic (exact) mass is 343 g/mol. The second-order valence-electron chi connectivity index (χ2n) is 7.54. The Kier molecular flexibility index (Phi) is 4.08. The van der Waals surface area contributed by atoms with Crippen molar-refractivity contribution < 1.29 is 19.7 Å². The van der Waals surface area contributed by atoms with Crippen molar-refractivity contribution in [2.75, 3.05) is 13.1 Å². The van der Waals surface area contributed by atoms with Crippen LogP contribution < -0.4 is 4.74 Å². The lowest BCUT2D eigenvalue weighted by Gasteiger charge is -2.47. The van der Waals surface area contributed by atoms with Crippen molar-refractivity contribution >= 4 is 5.78 Å². The number of aliphatic hydroxyl groups is 1. The Balaban J connectivity index is 1.78. The van der Waals surface area contributed by atoms with Crippen molar-refractivity contribution in [3.8, 4) is 11.5 Å². The van der Waals surface area contributed by atoms with Crippen LogP contribution in [0.1, 0.15) is 36.8 Å². The van der Waals surface area contributed by atoms with Gasteiger partial charge in [0, 0.05) is 31.0 Å². The zero-order valence-corrected chi connectivity index (χ0v) is 14.4. The molecule has 2 bridgehead atoms. The number of phenols is 1. The first kappa shape index (κ1) is 16.6. The van der Waals surface area contributed by atoms with Crippen LogP contribution in [0.5, 0.6) is 11.5 Å². The van der Waals surface area contributed by atoms with Crippen LogP contribution in [0.4, 0.5) is 0 Å². The molecule has 1 aromatic carbocycles. The van der Waals surface area contributed by atoms with E-state index in [4.69, 9.17) is 4.74 Å². The van der Waals surface area contributed by atoms with E-state index >= 15 is 0 Å². The highest BCUT2D eigenvalue weighted by molar-refractivity contribution is 5.85. The fraction of sp³-hybridized carbons (Fsp3) is 0.550. The average Bonchev–Trinajstić information content (AvgIpc) is 3.04. The van der Waals surface area contributed by atoms with Gasteiger partial charge in [0.15, 0.2) is 23.4 Å². The molecule has 2 aliphatic heterocycles. The predicted octanol–water partition coefficient (Wildman–Crippen LogP) is 1.98. The van der Waals surface area contributed by atoms with E-state index in [1.807, 2.05) is 12.1 Å². The fourth-order valence-corrected chi connectivity index (χ4v) is 4.71. The summed E-state index contributed by atoms with van der Waals surface area (Å²) in [4.78, 5) is 14.9.